The van der Waals surface area contributed by atoms with Gasteiger partial charge in [-0.25, -0.2) is 0 Å². The van der Waals surface area contributed by atoms with E-state index < -0.39 is 91.7 Å². The van der Waals surface area contributed by atoms with Crippen molar-refractivity contribution < 1.29 is 39.6 Å². The number of hydrogen-bond acceptors (Lipinski definition) is 17. The summed E-state index contributed by atoms with van der Waals surface area (Å²) >= 11 is 0. The van der Waals surface area contributed by atoms with Crippen LogP contribution in [-0.2, 0) is 30.0 Å². The van der Waals surface area contributed by atoms with Crippen molar-refractivity contribution in [2.75, 3.05) is 37.9 Å². The van der Waals surface area contributed by atoms with E-state index in [2.05, 4.69) is 10.6 Å². The fourth-order valence-corrected chi connectivity index (χ4v) is 23.5. The van der Waals surface area contributed by atoms with Crippen molar-refractivity contribution in [3.8, 4) is 0 Å². The minimum atomic E-state index is -1.98. The molecule has 21 heteroatoms. The molecule has 8 saturated heterocycles. The van der Waals surface area contributed by atoms with Gasteiger partial charge in [0.2, 0.25) is 19.5 Å². The van der Waals surface area contributed by atoms with Crippen LogP contribution in [0.1, 0.15) is 11.1 Å². The molecule has 10 atom stereocenters. The summed E-state index contributed by atoms with van der Waals surface area (Å²) in [6.07, 6.45) is -5.94. The van der Waals surface area contributed by atoms with Crippen LogP contribution in [0.3, 0.4) is 0 Å². The number of aliphatic hydroxyl groups excluding tert-OH is 4. The first-order chi connectivity index (χ1) is 24.5. The Kier molecular flexibility index (Phi) is 6.94. The molecule has 0 aromatic heterocycles. The van der Waals surface area contributed by atoms with E-state index in [1.54, 1.807) is 48.5 Å². The maximum absolute atomic E-state index is 15.1. The minimum absolute atomic E-state index is 0.489. The largest absolute Gasteiger partial charge is 0.392 e. The molecule has 51 heavy (non-hydrogen) atoms. The predicted molar refractivity (Wildman–Crippen MR) is 201 cm³/mol. The highest BCUT2D eigenvalue weighted by atomic mass is 33.7. The van der Waals surface area contributed by atoms with Gasteiger partial charge in [-0.15, -0.1) is 0 Å². The maximum atomic E-state index is 15.1. The number of likely N-dealkylation sites (N-methyl/N-ethyl adjacent to an activating group) is 2. The lowest BCUT2D eigenvalue weighted by Gasteiger charge is -2.54. The summed E-state index contributed by atoms with van der Waals surface area (Å²) in [5.74, 6) is -2.42. The number of amides is 4. The molecule has 0 radical (unpaired) electrons. The Bertz CT molecular complexity index is 2010. The lowest BCUT2D eigenvalue weighted by Crippen LogP contribution is -2.76. The van der Waals surface area contributed by atoms with Gasteiger partial charge in [0.1, 0.15) is 24.5 Å². The number of rotatable bonds is 3. The highest BCUT2D eigenvalue weighted by Gasteiger charge is 2.92. The van der Waals surface area contributed by atoms with Gasteiger partial charge in [-0.3, -0.25) is 29.0 Å². The number of aliphatic hydroxyl groups is 4. The average Bonchev–Trinajstić information content (AvgIpc) is 3.73. The molecule has 14 nitrogen and oxygen atoms in total. The molecule has 8 fully saturated rings. The number of benzene rings is 2. The van der Waals surface area contributed by atoms with Crippen LogP contribution >= 0.6 is 72.7 Å². The highest BCUT2D eigenvalue weighted by Crippen LogP contribution is 2.78. The third-order valence-corrected chi connectivity index (χ3v) is 24.6. The molecule has 1 unspecified atom stereocenters. The smallest absolute Gasteiger partial charge is 0.265 e. The molecular formula is C30H28N6O8S7. The van der Waals surface area contributed by atoms with Gasteiger partial charge in [0.05, 0.1) is 24.0 Å². The van der Waals surface area contributed by atoms with Crippen molar-refractivity contribution >= 4 is 108 Å². The lowest BCUT2D eigenvalue weighted by atomic mass is 9.52. The van der Waals surface area contributed by atoms with Crippen molar-refractivity contribution in [1.29, 1.82) is 0 Å². The SMILES string of the molecule is CN1C(=O)[C@]23SSSS[C@@]1(CO)C(=O)N2[C@H]1Nc2ccccc2C1([C@@]12c4ccccc4N[C@@H]1N1C(=O)[C@]4(CO)SSS[C@]1(C(=O)N4C)[C@H]2O)[C@@H]3O. The fraction of sp³-hybridized carbons (Fsp3) is 0.467. The van der Waals surface area contributed by atoms with Gasteiger partial charge in [0.15, 0.2) is 0 Å². The first kappa shape index (κ1) is 33.8. The molecule has 12 rings (SSSR count). The predicted octanol–water partition coefficient (Wildman–Crippen LogP) is 1.22. The van der Waals surface area contributed by atoms with E-state index in [4.69, 9.17) is 0 Å². The van der Waals surface area contributed by atoms with E-state index in [0.717, 1.165) is 53.0 Å². The topological polar surface area (TPSA) is 186 Å². The monoisotopic (exact) mass is 824 g/mol. The van der Waals surface area contributed by atoms with Crippen LogP contribution in [0.4, 0.5) is 11.4 Å². The summed E-state index contributed by atoms with van der Waals surface area (Å²) in [4.78, 5) is 57.8. The number of carbonyl (C=O) groups is 4. The van der Waals surface area contributed by atoms with Crippen molar-refractivity contribution in [3.63, 3.8) is 0 Å². The summed E-state index contributed by atoms with van der Waals surface area (Å²) in [6, 6.07) is 14.3. The van der Waals surface area contributed by atoms with Gasteiger partial charge in [0.25, 0.3) is 23.6 Å². The Balaban J connectivity index is 1.35. The van der Waals surface area contributed by atoms with Crippen molar-refractivity contribution in [2.45, 2.75) is 54.9 Å². The van der Waals surface area contributed by atoms with Crippen LogP contribution < -0.4 is 10.6 Å². The summed E-state index contributed by atoms with van der Waals surface area (Å²) in [6.45, 7) is -1.39. The normalized spacial score (nSPS) is 44.3. The number of hydrogen-bond donors (Lipinski definition) is 6. The van der Waals surface area contributed by atoms with Crippen molar-refractivity contribution in [2.24, 2.45) is 0 Å². The van der Waals surface area contributed by atoms with Crippen molar-refractivity contribution in [3.05, 3.63) is 59.7 Å². The van der Waals surface area contributed by atoms with Crippen LogP contribution in [0.5, 0.6) is 0 Å². The first-order valence-electron chi connectivity index (χ1n) is 15.7. The Morgan fingerprint density at radius 1 is 0.608 bits per heavy atom. The average molecular weight is 825 g/mol. The van der Waals surface area contributed by atoms with E-state index in [1.165, 1.54) is 53.3 Å². The minimum Gasteiger partial charge on any atom is -0.392 e. The molecule has 2 spiro atoms. The molecule has 0 aliphatic carbocycles. The number of nitrogens with zero attached hydrogens (tertiary/aromatic N) is 4. The van der Waals surface area contributed by atoms with E-state index in [9.17, 15) is 30.0 Å². The van der Waals surface area contributed by atoms with Crippen LogP contribution in [0.2, 0.25) is 0 Å². The highest BCUT2D eigenvalue weighted by molar-refractivity contribution is 9.26. The molecule has 6 N–H and O–H groups in total. The van der Waals surface area contributed by atoms with Crippen LogP contribution in [0.15, 0.2) is 48.5 Å². The second-order valence-electron chi connectivity index (χ2n) is 13.6. The van der Waals surface area contributed by atoms with Gasteiger partial charge < -0.3 is 40.9 Å². The summed E-state index contributed by atoms with van der Waals surface area (Å²) in [7, 11) is 10.6. The van der Waals surface area contributed by atoms with Gasteiger partial charge in [0, 0.05) is 25.5 Å². The second kappa shape index (κ2) is 10.5. The standard InChI is InChI=1S/C30H28N6O8S7/c1-33-23(43)29-17(39)27(13-7-3-5-9-15(13)31-19(27)35(29)21(41)25(33,11-37)45-49-47-29)28-14-8-4-6-10-16(14)32-20(28)36-22(42)26(12-38)34(2)24(44)30(36,18(28)40)48-51-50-46-26/h3-10,17-20,31-32,37-40H,11-12H2,1-2H3/t17-,18-,19+,20+,25-,26-,27+,28?,29-,30-/m0/s1. The third-order valence-electron chi connectivity index (χ3n) is 12.2. The number of fused-ring (bicyclic) bond motifs is 14. The molecule has 10 heterocycles. The summed E-state index contributed by atoms with van der Waals surface area (Å²) < 4.78 is 0. The zero-order valence-corrected chi connectivity index (χ0v) is 32.1. The molecular weight excluding hydrogens is 797 g/mol. The molecule has 268 valence electrons. The molecule has 2 aromatic carbocycles. The third kappa shape index (κ3) is 3.17. The molecule has 4 bridgehead atoms. The zero-order chi connectivity index (χ0) is 35.7. The molecule has 10 aliphatic rings. The number of anilines is 2. The Morgan fingerprint density at radius 3 is 1.45 bits per heavy atom. The number of piperazine rings is 2. The summed E-state index contributed by atoms with van der Waals surface area (Å²) in [5, 5.41) is 55.7. The van der Waals surface area contributed by atoms with Crippen LogP contribution in [0.25, 0.3) is 0 Å². The Hall–Kier alpha value is -1.79. The number of para-hydroxylation sites is 2. The lowest BCUT2D eigenvalue weighted by molar-refractivity contribution is -0.168. The van der Waals surface area contributed by atoms with E-state index in [0.29, 0.717) is 22.5 Å². The maximum Gasteiger partial charge on any atom is 0.265 e. The Labute approximate surface area is 317 Å². The number of nitrogens with one attached hydrogen (secondary N) is 2. The van der Waals surface area contributed by atoms with Gasteiger partial charge >= 0.3 is 0 Å². The van der Waals surface area contributed by atoms with Gasteiger partial charge in [-0.05, 0) is 95.9 Å². The van der Waals surface area contributed by atoms with Crippen molar-refractivity contribution in [1.82, 2.24) is 19.6 Å². The fourth-order valence-electron chi connectivity index (χ4n) is 10.0. The summed E-state index contributed by atoms with van der Waals surface area (Å²) in [5.41, 5.74) is -1.58. The molecule has 4 amide bonds. The number of carbonyl (C=O) groups excluding carboxylic acids is 4. The van der Waals surface area contributed by atoms with E-state index in [1.807, 2.05) is 0 Å². The quantitative estimate of drug-likeness (QED) is 0.243. The van der Waals surface area contributed by atoms with E-state index >= 15 is 9.59 Å². The molecule has 0 saturated carbocycles. The molecule has 2 aromatic rings. The zero-order valence-electron chi connectivity index (χ0n) is 26.4. The van der Waals surface area contributed by atoms with E-state index in [-0.39, 0.29) is 0 Å². The second-order valence-corrected chi connectivity index (χ2v) is 24.2. The van der Waals surface area contributed by atoms with Gasteiger partial charge in [-0.1, -0.05) is 36.4 Å². The van der Waals surface area contributed by atoms with Crippen LogP contribution in [0, 0.1) is 0 Å². The first-order valence-corrected chi connectivity index (χ1v) is 24.0. The van der Waals surface area contributed by atoms with Crippen LogP contribution in [-0.4, -0.2) is 135 Å². The van der Waals surface area contributed by atoms with Gasteiger partial charge in [-0.2, -0.15) is 0 Å². The molecule has 10 aliphatic heterocycles. The Morgan fingerprint density at radius 2 is 1.00 bits per heavy atom.